The van der Waals surface area contributed by atoms with Crippen LogP contribution in [-0.2, 0) is 0 Å². The van der Waals surface area contributed by atoms with E-state index in [1.807, 2.05) is 24.3 Å². The minimum atomic E-state index is 0.352. The molecule has 0 aliphatic heterocycles. The number of hydrogen-bond donors (Lipinski definition) is 0. The van der Waals surface area contributed by atoms with Crippen molar-refractivity contribution in [2.24, 2.45) is 0 Å². The molecule has 0 fully saturated rings. The fourth-order valence-electron chi connectivity index (χ4n) is 1.62. The van der Waals surface area contributed by atoms with E-state index in [4.69, 9.17) is 11.6 Å². The van der Waals surface area contributed by atoms with Crippen molar-refractivity contribution >= 4 is 11.6 Å². The van der Waals surface area contributed by atoms with Gasteiger partial charge in [-0.25, -0.2) is 4.68 Å². The van der Waals surface area contributed by atoms with E-state index in [0.29, 0.717) is 11.0 Å². The maximum absolute atomic E-state index is 5.71. The van der Waals surface area contributed by atoms with Crippen molar-refractivity contribution in [2.45, 2.75) is 0 Å². The molecule has 3 heterocycles. The SMILES string of the molecule is Clc1ccc(-n2nccc2-c2ccccn2)nn1. The molecule has 5 nitrogen and oxygen atoms in total. The van der Waals surface area contributed by atoms with Crippen LogP contribution >= 0.6 is 11.6 Å². The van der Waals surface area contributed by atoms with E-state index in [-0.39, 0.29) is 0 Å². The highest BCUT2D eigenvalue weighted by Crippen LogP contribution is 2.18. The summed E-state index contributed by atoms with van der Waals surface area (Å²) in [6, 6.07) is 11.0. The zero-order chi connectivity index (χ0) is 12.4. The van der Waals surface area contributed by atoms with E-state index in [1.165, 1.54) is 0 Å². The van der Waals surface area contributed by atoms with Crippen molar-refractivity contribution in [1.29, 1.82) is 0 Å². The zero-order valence-corrected chi connectivity index (χ0v) is 9.99. The first-order chi connectivity index (χ1) is 8.84. The summed E-state index contributed by atoms with van der Waals surface area (Å²) >= 11 is 5.71. The van der Waals surface area contributed by atoms with Crippen LogP contribution in [0.4, 0.5) is 0 Å². The number of pyridine rings is 1. The van der Waals surface area contributed by atoms with Crippen LogP contribution in [0, 0.1) is 0 Å². The summed E-state index contributed by atoms with van der Waals surface area (Å²) in [5.41, 5.74) is 1.68. The standard InChI is InChI=1S/C12H8ClN5/c13-11-4-5-12(17-16-11)18-10(6-8-15-18)9-3-1-2-7-14-9/h1-8H. The third-order valence-corrected chi connectivity index (χ3v) is 2.61. The molecule has 6 heteroatoms. The molecule has 0 spiro atoms. The number of nitrogens with zero attached hydrogens (tertiary/aromatic N) is 5. The molecule has 88 valence electrons. The van der Waals surface area contributed by atoms with E-state index in [9.17, 15) is 0 Å². The Morgan fingerprint density at radius 2 is 1.89 bits per heavy atom. The smallest absolute Gasteiger partial charge is 0.176 e. The van der Waals surface area contributed by atoms with Gasteiger partial charge in [-0.1, -0.05) is 17.7 Å². The highest BCUT2D eigenvalue weighted by Gasteiger charge is 2.09. The second kappa shape index (κ2) is 4.54. The van der Waals surface area contributed by atoms with Crippen LogP contribution < -0.4 is 0 Å². The number of hydrogen-bond acceptors (Lipinski definition) is 4. The lowest BCUT2D eigenvalue weighted by Crippen LogP contribution is -2.03. The molecule has 0 aliphatic rings. The van der Waals surface area contributed by atoms with Gasteiger partial charge in [-0.05, 0) is 30.3 Å². The van der Waals surface area contributed by atoms with Gasteiger partial charge in [-0.3, -0.25) is 4.98 Å². The van der Waals surface area contributed by atoms with Gasteiger partial charge in [0.1, 0.15) is 0 Å². The lowest BCUT2D eigenvalue weighted by Gasteiger charge is -2.04. The van der Waals surface area contributed by atoms with Crippen molar-refractivity contribution in [3.8, 4) is 17.2 Å². The predicted molar refractivity (Wildman–Crippen MR) is 67.4 cm³/mol. The quantitative estimate of drug-likeness (QED) is 0.707. The van der Waals surface area contributed by atoms with Crippen molar-refractivity contribution in [3.63, 3.8) is 0 Å². The van der Waals surface area contributed by atoms with Crippen LogP contribution in [0.2, 0.25) is 5.15 Å². The minimum absolute atomic E-state index is 0.352. The second-order valence-electron chi connectivity index (χ2n) is 3.56. The lowest BCUT2D eigenvalue weighted by molar-refractivity contribution is 0.818. The molecule has 0 bridgehead atoms. The van der Waals surface area contributed by atoms with Gasteiger partial charge >= 0.3 is 0 Å². The molecule has 0 atom stereocenters. The molecular formula is C12H8ClN5. The summed E-state index contributed by atoms with van der Waals surface area (Å²) in [5, 5.41) is 12.4. The molecule has 0 aromatic carbocycles. The van der Waals surface area contributed by atoms with Gasteiger partial charge in [0.05, 0.1) is 17.6 Å². The van der Waals surface area contributed by atoms with Crippen LogP contribution in [-0.4, -0.2) is 25.0 Å². The molecule has 0 unspecified atom stereocenters. The van der Waals surface area contributed by atoms with Crippen LogP contribution in [0.15, 0.2) is 48.8 Å². The van der Waals surface area contributed by atoms with Gasteiger partial charge in [0.15, 0.2) is 11.0 Å². The van der Waals surface area contributed by atoms with Gasteiger partial charge < -0.3 is 0 Å². The van der Waals surface area contributed by atoms with Gasteiger partial charge in [-0.2, -0.15) is 5.10 Å². The molecule has 3 aromatic heterocycles. The van der Waals surface area contributed by atoms with E-state index >= 15 is 0 Å². The maximum atomic E-state index is 5.71. The fraction of sp³-hybridized carbons (Fsp3) is 0. The first-order valence-corrected chi connectivity index (χ1v) is 5.67. The molecule has 0 saturated heterocycles. The summed E-state index contributed by atoms with van der Waals surface area (Å²) < 4.78 is 1.67. The Hall–Kier alpha value is -2.27. The first kappa shape index (κ1) is 10.9. The van der Waals surface area contributed by atoms with E-state index in [0.717, 1.165) is 11.4 Å². The average molecular weight is 258 g/mol. The Bertz CT molecular complexity index is 648. The molecule has 3 rings (SSSR count). The molecule has 18 heavy (non-hydrogen) atoms. The van der Waals surface area contributed by atoms with Gasteiger partial charge in [0.2, 0.25) is 0 Å². The highest BCUT2D eigenvalue weighted by molar-refractivity contribution is 6.29. The van der Waals surface area contributed by atoms with Crippen LogP contribution in [0.25, 0.3) is 17.2 Å². The summed E-state index contributed by atoms with van der Waals surface area (Å²) in [5.74, 6) is 0.602. The largest absolute Gasteiger partial charge is 0.255 e. The van der Waals surface area contributed by atoms with Crippen LogP contribution in [0.5, 0.6) is 0 Å². The zero-order valence-electron chi connectivity index (χ0n) is 9.23. The second-order valence-corrected chi connectivity index (χ2v) is 3.94. The number of halogens is 1. The van der Waals surface area contributed by atoms with Gasteiger partial charge in [-0.15, -0.1) is 10.2 Å². The molecule has 0 saturated carbocycles. The Kier molecular flexibility index (Phi) is 2.74. The molecule has 0 N–H and O–H groups in total. The topological polar surface area (TPSA) is 56.5 Å². The van der Waals surface area contributed by atoms with E-state index < -0.39 is 0 Å². The van der Waals surface area contributed by atoms with E-state index in [1.54, 1.807) is 29.2 Å². The molecule has 0 amide bonds. The first-order valence-electron chi connectivity index (χ1n) is 5.29. The Morgan fingerprint density at radius 3 is 2.61 bits per heavy atom. The molecule has 0 radical (unpaired) electrons. The van der Waals surface area contributed by atoms with Crippen molar-refractivity contribution in [1.82, 2.24) is 25.0 Å². The Labute approximate surface area is 108 Å². The Morgan fingerprint density at radius 1 is 0.944 bits per heavy atom. The average Bonchev–Trinajstić information content (AvgIpc) is 2.90. The summed E-state index contributed by atoms with van der Waals surface area (Å²) in [7, 11) is 0. The molecule has 3 aromatic rings. The molecular weight excluding hydrogens is 250 g/mol. The fourth-order valence-corrected chi connectivity index (χ4v) is 1.72. The third-order valence-electron chi connectivity index (χ3n) is 2.40. The van der Waals surface area contributed by atoms with Crippen LogP contribution in [0.1, 0.15) is 0 Å². The van der Waals surface area contributed by atoms with E-state index in [2.05, 4.69) is 20.3 Å². The van der Waals surface area contributed by atoms with Gasteiger partial charge in [0, 0.05) is 6.20 Å². The van der Waals surface area contributed by atoms with Crippen molar-refractivity contribution in [3.05, 3.63) is 53.9 Å². The predicted octanol–water partition coefficient (Wildman–Crippen LogP) is 2.38. The summed E-state index contributed by atoms with van der Waals surface area (Å²) in [4.78, 5) is 4.29. The van der Waals surface area contributed by atoms with Gasteiger partial charge in [0.25, 0.3) is 0 Å². The van der Waals surface area contributed by atoms with Crippen LogP contribution in [0.3, 0.4) is 0 Å². The number of aromatic nitrogens is 5. The normalized spacial score (nSPS) is 10.5. The Balaban J connectivity index is 2.10. The summed E-state index contributed by atoms with van der Waals surface area (Å²) in [6.07, 6.45) is 3.43. The van der Waals surface area contributed by atoms with Crippen molar-refractivity contribution in [2.75, 3.05) is 0 Å². The maximum Gasteiger partial charge on any atom is 0.176 e. The van der Waals surface area contributed by atoms with Crippen molar-refractivity contribution < 1.29 is 0 Å². The monoisotopic (exact) mass is 257 g/mol. The lowest BCUT2D eigenvalue weighted by atomic mass is 10.3. The highest BCUT2D eigenvalue weighted by atomic mass is 35.5. The minimum Gasteiger partial charge on any atom is -0.255 e. The number of rotatable bonds is 2. The summed E-state index contributed by atoms with van der Waals surface area (Å²) in [6.45, 7) is 0. The third kappa shape index (κ3) is 1.96. The molecule has 0 aliphatic carbocycles.